The van der Waals surface area contributed by atoms with Crippen LogP contribution in [0.3, 0.4) is 0 Å². The minimum atomic E-state index is -2.95. The van der Waals surface area contributed by atoms with Gasteiger partial charge in [-0.2, -0.15) is 0 Å². The van der Waals surface area contributed by atoms with Gasteiger partial charge in [0, 0.05) is 31.3 Å². The number of amides is 2. The number of aromatic nitrogens is 2. The van der Waals surface area contributed by atoms with E-state index >= 15 is 0 Å². The second-order valence-corrected chi connectivity index (χ2v) is 19.9. The Hall–Kier alpha value is -4.26. The van der Waals surface area contributed by atoms with Crippen LogP contribution in [0.2, 0.25) is 5.04 Å². The lowest BCUT2D eigenvalue weighted by atomic mass is 9.93. The maximum Gasteiger partial charge on any atom is 0.410 e. The molecule has 4 unspecified atom stereocenters. The summed E-state index contributed by atoms with van der Waals surface area (Å²) in [5, 5.41) is 4.96. The van der Waals surface area contributed by atoms with Crippen LogP contribution in [0.1, 0.15) is 73.1 Å². The molecule has 2 amide bonds. The SMILES string of the molecule is Cc1cn(C2C=CC(CNC(=O)CC3(C)CC(O[Si](c4ccccc4)(c4ccccc4)C(C)(C)C)CN3C(=O)OC(C)(C)C)O2)c(=O)[nH]c1=O. The number of aryl methyl sites for hydroxylation is 1. The van der Waals surface area contributed by atoms with Crippen molar-refractivity contribution < 1.29 is 23.5 Å². The molecule has 0 aliphatic carbocycles. The minimum absolute atomic E-state index is 0.0191. The van der Waals surface area contributed by atoms with E-state index in [-0.39, 0.29) is 36.6 Å². The zero-order chi connectivity index (χ0) is 36.5. The Morgan fingerprint density at radius 2 is 1.58 bits per heavy atom. The number of benzene rings is 2. The summed E-state index contributed by atoms with van der Waals surface area (Å²) in [5.41, 5.74) is -2.28. The number of nitrogens with zero attached hydrogens (tertiary/aromatic N) is 2. The largest absolute Gasteiger partial charge is 0.444 e. The van der Waals surface area contributed by atoms with Crippen LogP contribution in [0, 0.1) is 6.92 Å². The number of likely N-dealkylation sites (tertiary alicyclic amines) is 1. The van der Waals surface area contributed by atoms with Gasteiger partial charge < -0.3 is 19.2 Å². The molecule has 4 atom stereocenters. The van der Waals surface area contributed by atoms with Gasteiger partial charge in [0.2, 0.25) is 5.91 Å². The van der Waals surface area contributed by atoms with Crippen LogP contribution in [0.5, 0.6) is 0 Å². The Labute approximate surface area is 294 Å². The summed E-state index contributed by atoms with van der Waals surface area (Å²) in [6.45, 7) is 16.1. The van der Waals surface area contributed by atoms with Gasteiger partial charge in [-0.15, -0.1) is 0 Å². The summed E-state index contributed by atoms with van der Waals surface area (Å²) in [4.78, 5) is 55.5. The highest BCUT2D eigenvalue weighted by Crippen LogP contribution is 2.42. The molecule has 268 valence electrons. The molecule has 12 heteroatoms. The van der Waals surface area contributed by atoms with Crippen molar-refractivity contribution in [2.24, 2.45) is 0 Å². The first-order chi connectivity index (χ1) is 23.4. The number of H-pyrrole nitrogens is 1. The molecule has 0 radical (unpaired) electrons. The molecular weight excluding hydrogens is 653 g/mol. The smallest absolute Gasteiger partial charge is 0.410 e. The van der Waals surface area contributed by atoms with E-state index in [1.165, 1.54) is 10.8 Å². The molecule has 50 heavy (non-hydrogen) atoms. The molecule has 0 bridgehead atoms. The second kappa shape index (κ2) is 14.2. The first kappa shape index (κ1) is 37.0. The molecular formula is C38H50N4O7Si. The van der Waals surface area contributed by atoms with Gasteiger partial charge in [0.25, 0.3) is 13.9 Å². The van der Waals surface area contributed by atoms with E-state index in [4.69, 9.17) is 13.9 Å². The lowest BCUT2D eigenvalue weighted by molar-refractivity contribution is -0.124. The van der Waals surface area contributed by atoms with Crippen molar-refractivity contribution in [2.45, 2.75) is 103 Å². The third kappa shape index (κ3) is 7.87. The van der Waals surface area contributed by atoms with Crippen LogP contribution >= 0.6 is 0 Å². The number of carbonyl (C=O) groups excluding carboxylic acids is 2. The Morgan fingerprint density at radius 3 is 2.14 bits per heavy atom. The van der Waals surface area contributed by atoms with E-state index in [0.29, 0.717) is 12.0 Å². The highest BCUT2D eigenvalue weighted by Gasteiger charge is 2.55. The second-order valence-electron chi connectivity index (χ2n) is 15.6. The lowest BCUT2D eigenvalue weighted by Gasteiger charge is -2.44. The summed E-state index contributed by atoms with van der Waals surface area (Å²) in [6.07, 6.45) is 3.32. The van der Waals surface area contributed by atoms with Crippen LogP contribution in [0.25, 0.3) is 0 Å². The van der Waals surface area contributed by atoms with Gasteiger partial charge in [-0.25, -0.2) is 9.59 Å². The van der Waals surface area contributed by atoms with E-state index in [1.54, 1.807) is 24.0 Å². The van der Waals surface area contributed by atoms with Crippen molar-refractivity contribution in [1.82, 2.24) is 19.8 Å². The topological polar surface area (TPSA) is 132 Å². The number of ether oxygens (including phenoxy) is 2. The van der Waals surface area contributed by atoms with Gasteiger partial charge in [-0.1, -0.05) is 87.5 Å². The van der Waals surface area contributed by atoms with Crippen molar-refractivity contribution in [2.75, 3.05) is 13.1 Å². The van der Waals surface area contributed by atoms with Gasteiger partial charge in [-0.3, -0.25) is 24.0 Å². The monoisotopic (exact) mass is 702 g/mol. The van der Waals surface area contributed by atoms with Gasteiger partial charge >= 0.3 is 11.8 Å². The molecule has 1 saturated heterocycles. The van der Waals surface area contributed by atoms with Gasteiger partial charge in [0.15, 0.2) is 6.23 Å². The van der Waals surface area contributed by atoms with Crippen LogP contribution in [0.15, 0.2) is 88.6 Å². The molecule has 1 aromatic heterocycles. The summed E-state index contributed by atoms with van der Waals surface area (Å²) < 4.78 is 20.6. The van der Waals surface area contributed by atoms with Crippen LogP contribution in [0.4, 0.5) is 4.79 Å². The van der Waals surface area contributed by atoms with Gasteiger partial charge in [-0.05, 0) is 62.5 Å². The molecule has 2 aliphatic rings. The van der Waals surface area contributed by atoms with Crippen molar-refractivity contribution in [3.05, 3.63) is 105 Å². The Kier molecular flexibility index (Phi) is 10.5. The average molecular weight is 703 g/mol. The standard InChI is InChI=1S/C38H50N4O7Si/c1-26-24-41(34(45)40-33(26)44)32-20-19-27(47-32)23-39-31(43)22-38(8)21-28(25-42(38)35(46)48-36(2,3)4)49-50(37(5,6)7,29-15-11-9-12-16-29)30-17-13-10-14-18-30/h9-20,24,27-28,32H,21-23,25H2,1-8H3,(H,39,43)(H,40,44,45). The molecule has 2 N–H and O–H groups in total. The zero-order valence-electron chi connectivity index (χ0n) is 30.3. The molecule has 0 saturated carbocycles. The molecule has 0 spiro atoms. The van der Waals surface area contributed by atoms with Crippen LogP contribution in [-0.2, 0) is 18.7 Å². The van der Waals surface area contributed by atoms with Crippen LogP contribution < -0.4 is 26.9 Å². The number of rotatable bonds is 9. The number of aromatic amines is 1. The van der Waals surface area contributed by atoms with E-state index < -0.39 is 49.1 Å². The maximum absolute atomic E-state index is 13.8. The van der Waals surface area contributed by atoms with E-state index in [0.717, 1.165) is 10.4 Å². The van der Waals surface area contributed by atoms with Crippen LogP contribution in [-0.4, -0.2) is 71.2 Å². The summed E-state index contributed by atoms with van der Waals surface area (Å²) in [7, 11) is -2.95. The predicted octanol–water partition coefficient (Wildman–Crippen LogP) is 4.15. The first-order valence-electron chi connectivity index (χ1n) is 17.1. The van der Waals surface area contributed by atoms with Crippen molar-refractivity contribution in [1.29, 1.82) is 0 Å². The number of hydrogen-bond acceptors (Lipinski definition) is 7. The molecule has 1 fully saturated rings. The fourth-order valence-corrected chi connectivity index (χ4v) is 11.7. The third-order valence-electron chi connectivity index (χ3n) is 9.35. The van der Waals surface area contributed by atoms with Crippen molar-refractivity contribution >= 4 is 30.7 Å². The summed E-state index contributed by atoms with van der Waals surface area (Å²) in [5.74, 6) is -0.260. The summed E-state index contributed by atoms with van der Waals surface area (Å²) >= 11 is 0. The van der Waals surface area contributed by atoms with E-state index in [9.17, 15) is 19.2 Å². The molecule has 3 aromatic rings. The molecule has 3 heterocycles. The van der Waals surface area contributed by atoms with E-state index in [2.05, 4.69) is 55.3 Å². The highest BCUT2D eigenvalue weighted by atomic mass is 28.4. The average Bonchev–Trinajstić information content (AvgIpc) is 3.64. The van der Waals surface area contributed by atoms with E-state index in [1.807, 2.05) is 64.1 Å². The normalized spacial score (nSPS) is 22.5. The summed E-state index contributed by atoms with van der Waals surface area (Å²) in [6, 6.07) is 20.7. The fourth-order valence-electron chi connectivity index (χ4n) is 7.05. The number of nitrogens with one attached hydrogen (secondary N) is 2. The molecule has 5 rings (SSSR count). The minimum Gasteiger partial charge on any atom is -0.444 e. The quantitative estimate of drug-likeness (QED) is 0.253. The van der Waals surface area contributed by atoms with Gasteiger partial charge in [0.1, 0.15) is 5.60 Å². The Morgan fingerprint density at radius 1 is 0.980 bits per heavy atom. The van der Waals surface area contributed by atoms with Crippen molar-refractivity contribution in [3.63, 3.8) is 0 Å². The maximum atomic E-state index is 13.8. The Bertz CT molecular complexity index is 1790. The molecule has 2 aromatic carbocycles. The predicted molar refractivity (Wildman–Crippen MR) is 195 cm³/mol. The lowest BCUT2D eigenvalue weighted by Crippen LogP contribution is -2.67. The highest BCUT2D eigenvalue weighted by molar-refractivity contribution is 6.99. The zero-order valence-corrected chi connectivity index (χ0v) is 31.3. The molecule has 11 nitrogen and oxygen atoms in total. The Balaban J connectivity index is 1.36. The third-order valence-corrected chi connectivity index (χ3v) is 14.4. The first-order valence-corrected chi connectivity index (χ1v) is 19.0. The molecule has 2 aliphatic heterocycles. The number of carbonyl (C=O) groups is 2. The number of hydrogen-bond donors (Lipinski definition) is 2. The van der Waals surface area contributed by atoms with Gasteiger partial charge in [0.05, 0.1) is 17.7 Å². The fraction of sp³-hybridized carbons (Fsp3) is 0.474. The van der Waals surface area contributed by atoms with Crippen molar-refractivity contribution in [3.8, 4) is 0 Å².